The molecule has 5 heteroatoms. The Kier molecular flexibility index (Phi) is 5.38. The van der Waals surface area contributed by atoms with E-state index in [9.17, 15) is 9.59 Å². The van der Waals surface area contributed by atoms with Crippen LogP contribution in [0.4, 0.5) is 0 Å². The van der Waals surface area contributed by atoms with Crippen LogP contribution in [0.2, 0.25) is 0 Å². The number of hydrogen-bond donors (Lipinski definition) is 0. The van der Waals surface area contributed by atoms with Gasteiger partial charge in [-0.25, -0.2) is 0 Å². The van der Waals surface area contributed by atoms with Gasteiger partial charge in [0.25, 0.3) is 5.91 Å². The molecule has 0 N–H and O–H groups in total. The van der Waals surface area contributed by atoms with Crippen LogP contribution in [-0.4, -0.2) is 40.5 Å². The highest BCUT2D eigenvalue weighted by Gasteiger charge is 2.29. The zero-order chi connectivity index (χ0) is 16.9. The lowest BCUT2D eigenvalue weighted by atomic mass is 9.99. The molecule has 0 radical (unpaired) electrons. The predicted molar refractivity (Wildman–Crippen MR) is 91.5 cm³/mol. The van der Waals surface area contributed by atoms with Crippen molar-refractivity contribution >= 4 is 11.9 Å². The molecule has 0 spiro atoms. The highest BCUT2D eigenvalue weighted by Crippen LogP contribution is 2.23. The molecule has 130 valence electrons. The molecule has 0 aromatic carbocycles. The van der Waals surface area contributed by atoms with Crippen molar-refractivity contribution in [3.63, 3.8) is 0 Å². The highest BCUT2D eigenvalue weighted by atomic mass is 16.5. The third kappa shape index (κ3) is 3.71. The molecule has 1 aliphatic carbocycles. The maximum Gasteiger partial charge on any atom is 0.309 e. The number of hydrogen-bond acceptors (Lipinski definition) is 3. The van der Waals surface area contributed by atoms with Crippen LogP contribution in [0.5, 0.6) is 0 Å². The Morgan fingerprint density at radius 1 is 1.25 bits per heavy atom. The molecule has 0 unspecified atom stereocenters. The van der Waals surface area contributed by atoms with Gasteiger partial charge in [0, 0.05) is 32.3 Å². The molecule has 1 saturated heterocycles. The van der Waals surface area contributed by atoms with Crippen molar-refractivity contribution in [1.29, 1.82) is 0 Å². The van der Waals surface area contributed by atoms with Gasteiger partial charge in [0.2, 0.25) is 0 Å². The molecule has 2 heterocycles. The summed E-state index contributed by atoms with van der Waals surface area (Å²) in [5.41, 5.74) is 0.718. The monoisotopic (exact) mass is 330 g/mol. The van der Waals surface area contributed by atoms with Gasteiger partial charge in [-0.1, -0.05) is 12.2 Å². The third-order valence-electron chi connectivity index (χ3n) is 5.09. The number of amides is 1. The van der Waals surface area contributed by atoms with Gasteiger partial charge in [0.15, 0.2) is 0 Å². The molecule has 5 nitrogen and oxygen atoms in total. The Balaban J connectivity index is 1.53. The quantitative estimate of drug-likeness (QED) is 0.616. The average molecular weight is 330 g/mol. The van der Waals surface area contributed by atoms with Crippen molar-refractivity contribution in [3.05, 3.63) is 36.2 Å². The molecule has 0 bridgehead atoms. The molecule has 1 aliphatic heterocycles. The van der Waals surface area contributed by atoms with E-state index in [1.165, 1.54) is 0 Å². The summed E-state index contributed by atoms with van der Waals surface area (Å²) in [5.74, 6) is -0.0212. The normalized spacial score (nSPS) is 21.2. The van der Waals surface area contributed by atoms with Gasteiger partial charge in [-0.15, -0.1) is 0 Å². The molecule has 3 rings (SSSR count). The number of carbonyl (C=O) groups excluding carboxylic acids is 2. The van der Waals surface area contributed by atoms with Crippen molar-refractivity contribution in [2.24, 2.45) is 13.0 Å². The summed E-state index contributed by atoms with van der Waals surface area (Å²) in [4.78, 5) is 26.7. The lowest BCUT2D eigenvalue weighted by molar-refractivity contribution is -0.148. The van der Waals surface area contributed by atoms with Gasteiger partial charge in [-0.05, 0) is 44.2 Å². The Morgan fingerprint density at radius 2 is 2.04 bits per heavy atom. The van der Waals surface area contributed by atoms with E-state index >= 15 is 0 Å². The van der Waals surface area contributed by atoms with Gasteiger partial charge in [0.05, 0.1) is 12.5 Å². The number of aromatic nitrogens is 1. The third-order valence-corrected chi connectivity index (χ3v) is 5.09. The summed E-state index contributed by atoms with van der Waals surface area (Å²) in [6, 6.07) is 3.92. The molecule has 1 atom stereocenters. The van der Waals surface area contributed by atoms with E-state index < -0.39 is 0 Å². The molecule has 24 heavy (non-hydrogen) atoms. The number of rotatable bonds is 5. The van der Waals surface area contributed by atoms with Gasteiger partial charge >= 0.3 is 5.97 Å². The standard InChI is InChI=1S/C19H26N2O3/c1-20-12-6-10-17(20)18(22)21-13-5-4-9-16(21)11-14-24-19(23)15-7-2-3-8-15/h2-3,6,10,12,15-16H,4-5,7-9,11,13-14H2,1H3/t16-/m1/s1. The summed E-state index contributed by atoms with van der Waals surface area (Å²) in [7, 11) is 1.89. The number of piperidine rings is 1. The van der Waals surface area contributed by atoms with Crippen LogP contribution in [0.15, 0.2) is 30.5 Å². The van der Waals surface area contributed by atoms with Gasteiger partial charge in [0.1, 0.15) is 5.69 Å². The first kappa shape index (κ1) is 16.8. The van der Waals surface area contributed by atoms with E-state index in [2.05, 4.69) is 0 Å². The first-order valence-electron chi connectivity index (χ1n) is 8.90. The van der Waals surface area contributed by atoms with Crippen LogP contribution in [0.1, 0.15) is 49.0 Å². The van der Waals surface area contributed by atoms with Crippen molar-refractivity contribution in [2.45, 2.75) is 44.6 Å². The number of allylic oxidation sites excluding steroid dienone is 2. The van der Waals surface area contributed by atoms with Crippen molar-refractivity contribution in [2.75, 3.05) is 13.2 Å². The Bertz CT molecular complexity index is 612. The summed E-state index contributed by atoms with van der Waals surface area (Å²) in [6.07, 6.45) is 11.4. The average Bonchev–Trinajstić information content (AvgIpc) is 3.26. The number of aryl methyl sites for hydroxylation is 1. The van der Waals surface area contributed by atoms with Gasteiger partial charge < -0.3 is 14.2 Å². The maximum absolute atomic E-state index is 12.8. The fourth-order valence-electron chi connectivity index (χ4n) is 3.62. The molecule has 2 aliphatic rings. The Morgan fingerprint density at radius 3 is 2.75 bits per heavy atom. The lowest BCUT2D eigenvalue weighted by Gasteiger charge is -2.35. The highest BCUT2D eigenvalue weighted by molar-refractivity contribution is 5.93. The Labute approximate surface area is 143 Å². The van der Waals surface area contributed by atoms with Crippen LogP contribution >= 0.6 is 0 Å². The zero-order valence-corrected chi connectivity index (χ0v) is 14.3. The van der Waals surface area contributed by atoms with E-state index in [4.69, 9.17) is 4.74 Å². The fraction of sp³-hybridized carbons (Fsp3) is 0.579. The van der Waals surface area contributed by atoms with E-state index in [-0.39, 0.29) is 23.8 Å². The number of carbonyl (C=O) groups is 2. The minimum Gasteiger partial charge on any atom is -0.465 e. The van der Waals surface area contributed by atoms with E-state index in [1.54, 1.807) is 0 Å². The van der Waals surface area contributed by atoms with Crippen LogP contribution < -0.4 is 0 Å². The summed E-state index contributed by atoms with van der Waals surface area (Å²) in [5, 5.41) is 0. The fourth-order valence-corrected chi connectivity index (χ4v) is 3.62. The number of likely N-dealkylation sites (tertiary alicyclic amines) is 1. The summed E-state index contributed by atoms with van der Waals surface area (Å²) in [6.45, 7) is 1.19. The lowest BCUT2D eigenvalue weighted by Crippen LogP contribution is -2.44. The SMILES string of the molecule is Cn1cccc1C(=O)N1CCCC[C@@H]1CCOC(=O)C1CC=CC1. The van der Waals surface area contributed by atoms with E-state index in [1.807, 2.05) is 47.0 Å². The van der Waals surface area contributed by atoms with Crippen LogP contribution in [0.3, 0.4) is 0 Å². The van der Waals surface area contributed by atoms with Crippen molar-refractivity contribution in [1.82, 2.24) is 9.47 Å². The number of ether oxygens (including phenoxy) is 1. The largest absolute Gasteiger partial charge is 0.465 e. The summed E-state index contributed by atoms with van der Waals surface area (Å²) >= 11 is 0. The van der Waals surface area contributed by atoms with Crippen molar-refractivity contribution < 1.29 is 14.3 Å². The second kappa shape index (κ2) is 7.69. The first-order chi connectivity index (χ1) is 11.7. The van der Waals surface area contributed by atoms with E-state index in [0.717, 1.165) is 50.8 Å². The van der Waals surface area contributed by atoms with Crippen molar-refractivity contribution in [3.8, 4) is 0 Å². The second-order valence-corrected chi connectivity index (χ2v) is 6.75. The topological polar surface area (TPSA) is 51.5 Å². The predicted octanol–water partition coefficient (Wildman–Crippen LogP) is 2.92. The molecule has 1 fully saturated rings. The molecular formula is C19H26N2O3. The first-order valence-corrected chi connectivity index (χ1v) is 8.90. The minimum atomic E-state index is -0.101. The van der Waals surface area contributed by atoms with Crippen LogP contribution in [0, 0.1) is 5.92 Å². The minimum absolute atomic E-state index is 0.00235. The molecular weight excluding hydrogens is 304 g/mol. The molecule has 1 aromatic heterocycles. The summed E-state index contributed by atoms with van der Waals surface area (Å²) < 4.78 is 7.31. The smallest absolute Gasteiger partial charge is 0.309 e. The number of nitrogens with zero attached hydrogens (tertiary/aromatic N) is 2. The molecule has 0 saturated carbocycles. The van der Waals surface area contributed by atoms with Gasteiger partial charge in [-0.3, -0.25) is 9.59 Å². The molecule has 1 aromatic rings. The number of esters is 1. The molecule has 1 amide bonds. The Hall–Kier alpha value is -2.04. The van der Waals surface area contributed by atoms with E-state index in [0.29, 0.717) is 6.61 Å². The van der Waals surface area contributed by atoms with Gasteiger partial charge in [-0.2, -0.15) is 0 Å². The maximum atomic E-state index is 12.8. The van der Waals surface area contributed by atoms with Crippen LogP contribution in [-0.2, 0) is 16.6 Å². The van der Waals surface area contributed by atoms with Crippen LogP contribution in [0.25, 0.3) is 0 Å². The second-order valence-electron chi connectivity index (χ2n) is 6.75. The zero-order valence-electron chi connectivity index (χ0n) is 14.3.